The zero-order chi connectivity index (χ0) is 21.4. The Bertz CT molecular complexity index is 710. The van der Waals surface area contributed by atoms with Crippen LogP contribution in [0.1, 0.15) is 38.6 Å². The maximum absolute atomic E-state index is 11.5. The van der Waals surface area contributed by atoms with Crippen LogP contribution in [0.3, 0.4) is 0 Å². The zero-order valence-corrected chi connectivity index (χ0v) is 16.4. The van der Waals surface area contributed by atoms with Gasteiger partial charge >= 0.3 is 17.9 Å². The minimum atomic E-state index is -0.959. The number of carbonyl (C=O) groups excluding carboxylic acids is 3. The van der Waals surface area contributed by atoms with Crippen LogP contribution in [0.25, 0.3) is 0 Å². The highest BCUT2D eigenvalue weighted by Gasteiger charge is 2.44. The summed E-state index contributed by atoms with van der Waals surface area (Å²) >= 11 is 0. The number of nitrogens with zero attached hydrogens (tertiary/aromatic N) is 2. The fourth-order valence-corrected chi connectivity index (χ4v) is 2.72. The molecule has 4 atom stereocenters. The third kappa shape index (κ3) is 7.37. The molecule has 1 saturated heterocycles. The van der Waals surface area contributed by atoms with Crippen LogP contribution in [0.4, 0.5) is 0 Å². The van der Waals surface area contributed by atoms with Gasteiger partial charge in [0.05, 0.1) is 37.0 Å². The van der Waals surface area contributed by atoms with Crippen LogP contribution >= 0.6 is 0 Å². The summed E-state index contributed by atoms with van der Waals surface area (Å²) in [6, 6.07) is 0. The van der Waals surface area contributed by atoms with Crippen LogP contribution in [0, 0.1) is 0 Å². The van der Waals surface area contributed by atoms with Crippen LogP contribution in [0.2, 0.25) is 0 Å². The fourth-order valence-electron chi connectivity index (χ4n) is 2.72. The first-order valence-corrected chi connectivity index (χ1v) is 8.94. The van der Waals surface area contributed by atoms with Gasteiger partial charge in [0, 0.05) is 27.2 Å². The van der Waals surface area contributed by atoms with Crippen molar-refractivity contribution in [1.29, 1.82) is 0 Å². The summed E-state index contributed by atoms with van der Waals surface area (Å²) in [5.41, 5.74) is 0.914. The molecular weight excluding hydrogens is 388 g/mol. The molecule has 11 heteroatoms. The average Bonchev–Trinajstić information content (AvgIpc) is 2.66. The molecule has 1 aromatic rings. The van der Waals surface area contributed by atoms with E-state index in [0.29, 0.717) is 11.4 Å². The molecule has 0 spiro atoms. The number of hydrogen-bond donors (Lipinski definition) is 1. The number of ether oxygens (including phenoxy) is 5. The van der Waals surface area contributed by atoms with E-state index in [0.717, 1.165) is 0 Å². The van der Waals surface area contributed by atoms with E-state index in [-0.39, 0.29) is 26.2 Å². The highest BCUT2D eigenvalue weighted by atomic mass is 16.7. The van der Waals surface area contributed by atoms with E-state index in [1.54, 1.807) is 0 Å². The van der Waals surface area contributed by atoms with Gasteiger partial charge in [-0.05, 0) is 0 Å². The molecule has 2 rings (SSSR count). The number of aliphatic hydroxyl groups excluding tert-OH is 1. The van der Waals surface area contributed by atoms with Gasteiger partial charge in [-0.25, -0.2) is 0 Å². The summed E-state index contributed by atoms with van der Waals surface area (Å²) in [4.78, 5) is 42.3. The van der Waals surface area contributed by atoms with E-state index in [1.807, 2.05) is 0 Å². The third-order valence-corrected chi connectivity index (χ3v) is 3.89. The second-order valence-electron chi connectivity index (χ2n) is 6.33. The van der Waals surface area contributed by atoms with Gasteiger partial charge in [0.1, 0.15) is 18.8 Å². The van der Waals surface area contributed by atoms with Gasteiger partial charge in [-0.2, -0.15) is 0 Å². The molecule has 0 aliphatic carbocycles. The van der Waals surface area contributed by atoms with Gasteiger partial charge in [-0.3, -0.25) is 24.4 Å². The number of aromatic nitrogens is 2. The van der Waals surface area contributed by atoms with E-state index in [9.17, 15) is 14.4 Å². The lowest BCUT2D eigenvalue weighted by atomic mass is 10.0. The van der Waals surface area contributed by atoms with Crippen LogP contribution < -0.4 is 0 Å². The molecule has 1 fully saturated rings. The van der Waals surface area contributed by atoms with Crippen molar-refractivity contribution in [2.24, 2.45) is 0 Å². The monoisotopic (exact) mass is 412 g/mol. The SMILES string of the molecule is CC(=O)OC[C@H]1O[C@@H](OCc2cnc(CO)cn2)C[C@@H](OC(C)=O)[C@H]1OC(C)=O. The Labute approximate surface area is 167 Å². The van der Waals surface area contributed by atoms with Crippen molar-refractivity contribution in [1.82, 2.24) is 9.97 Å². The Morgan fingerprint density at radius 3 is 2.28 bits per heavy atom. The number of hydrogen-bond acceptors (Lipinski definition) is 11. The van der Waals surface area contributed by atoms with Crippen molar-refractivity contribution < 1.29 is 43.2 Å². The second-order valence-corrected chi connectivity index (χ2v) is 6.33. The smallest absolute Gasteiger partial charge is 0.303 e. The largest absolute Gasteiger partial charge is 0.463 e. The van der Waals surface area contributed by atoms with Crippen LogP contribution in [0.15, 0.2) is 12.4 Å². The summed E-state index contributed by atoms with van der Waals surface area (Å²) in [5.74, 6) is -1.70. The first-order valence-electron chi connectivity index (χ1n) is 8.94. The molecule has 1 aliphatic heterocycles. The van der Waals surface area contributed by atoms with Crippen molar-refractivity contribution in [3.8, 4) is 0 Å². The van der Waals surface area contributed by atoms with Crippen molar-refractivity contribution in [3.05, 3.63) is 23.8 Å². The van der Waals surface area contributed by atoms with E-state index < -0.39 is 42.5 Å². The van der Waals surface area contributed by atoms with Crippen LogP contribution in [0.5, 0.6) is 0 Å². The molecular formula is C18H24N2O9. The van der Waals surface area contributed by atoms with Gasteiger partial charge in [0.25, 0.3) is 0 Å². The molecule has 0 unspecified atom stereocenters. The number of esters is 3. The van der Waals surface area contributed by atoms with Crippen LogP contribution in [-0.2, 0) is 51.3 Å². The predicted molar refractivity (Wildman–Crippen MR) is 93.8 cm³/mol. The second kappa shape index (κ2) is 10.8. The summed E-state index contributed by atoms with van der Waals surface area (Å²) in [6.45, 7) is 3.28. The molecule has 0 amide bonds. The summed E-state index contributed by atoms with van der Waals surface area (Å²) in [7, 11) is 0. The molecule has 0 aromatic carbocycles. The number of rotatable bonds is 8. The number of aliphatic hydroxyl groups is 1. The predicted octanol–water partition coefficient (Wildman–Crippen LogP) is 0.0270. The molecule has 160 valence electrons. The standard InChI is InChI=1S/C18H24N2O9/c1-10(22)25-9-16-18(28-12(3)24)15(27-11(2)23)4-17(29-16)26-8-14-6-19-13(7-21)5-20-14/h5-6,15-18,21H,4,7-9H2,1-3H3/t15-,16-,17-,18-/m1/s1. The van der Waals surface area contributed by atoms with E-state index in [4.69, 9.17) is 28.8 Å². The van der Waals surface area contributed by atoms with Gasteiger partial charge in [0.15, 0.2) is 12.4 Å². The molecule has 1 aromatic heterocycles. The summed E-state index contributed by atoms with van der Waals surface area (Å²) in [6.07, 6.45) is -0.577. The maximum atomic E-state index is 11.5. The molecule has 0 radical (unpaired) electrons. The van der Waals surface area contributed by atoms with E-state index in [1.165, 1.54) is 33.2 Å². The highest BCUT2D eigenvalue weighted by molar-refractivity contribution is 5.67. The molecule has 1 N–H and O–H groups in total. The Morgan fingerprint density at radius 2 is 1.72 bits per heavy atom. The highest BCUT2D eigenvalue weighted by Crippen LogP contribution is 2.27. The topological polar surface area (TPSA) is 143 Å². The van der Waals surface area contributed by atoms with Crippen LogP contribution in [-0.4, -0.2) is 64.2 Å². The van der Waals surface area contributed by atoms with E-state index in [2.05, 4.69) is 9.97 Å². The molecule has 2 heterocycles. The molecule has 0 saturated carbocycles. The zero-order valence-electron chi connectivity index (χ0n) is 16.4. The minimum Gasteiger partial charge on any atom is -0.463 e. The lowest BCUT2D eigenvalue weighted by Crippen LogP contribution is -2.54. The van der Waals surface area contributed by atoms with Gasteiger partial charge in [-0.15, -0.1) is 0 Å². The van der Waals surface area contributed by atoms with Gasteiger partial charge in [0.2, 0.25) is 0 Å². The molecule has 0 bridgehead atoms. The van der Waals surface area contributed by atoms with Crippen molar-refractivity contribution >= 4 is 17.9 Å². The Hall–Kier alpha value is -2.63. The van der Waals surface area contributed by atoms with E-state index >= 15 is 0 Å². The van der Waals surface area contributed by atoms with Gasteiger partial charge < -0.3 is 28.8 Å². The number of carbonyl (C=O) groups is 3. The quantitative estimate of drug-likeness (QED) is 0.456. The van der Waals surface area contributed by atoms with Crippen molar-refractivity contribution in [2.75, 3.05) is 6.61 Å². The van der Waals surface area contributed by atoms with Gasteiger partial charge in [-0.1, -0.05) is 0 Å². The average molecular weight is 412 g/mol. The summed E-state index contributed by atoms with van der Waals surface area (Å²) < 4.78 is 27.0. The lowest BCUT2D eigenvalue weighted by molar-refractivity contribution is -0.269. The summed E-state index contributed by atoms with van der Waals surface area (Å²) in [5, 5.41) is 9.00. The first-order chi connectivity index (χ1) is 13.8. The Balaban J connectivity index is 2.09. The third-order valence-electron chi connectivity index (χ3n) is 3.89. The van der Waals surface area contributed by atoms with Crippen molar-refractivity contribution in [2.45, 2.75) is 65.0 Å². The Morgan fingerprint density at radius 1 is 1.07 bits per heavy atom. The first kappa shape index (κ1) is 22.7. The fraction of sp³-hybridized carbons (Fsp3) is 0.611. The minimum absolute atomic E-state index is 0.0364. The molecule has 1 aliphatic rings. The lowest BCUT2D eigenvalue weighted by Gasteiger charge is -2.39. The Kier molecular flexibility index (Phi) is 8.43. The molecule has 11 nitrogen and oxygen atoms in total. The molecule has 29 heavy (non-hydrogen) atoms. The maximum Gasteiger partial charge on any atom is 0.303 e. The normalized spacial score (nSPS) is 23.9. The van der Waals surface area contributed by atoms with Crippen molar-refractivity contribution in [3.63, 3.8) is 0 Å².